The minimum Gasteiger partial charge on any atom is -0.343 e. The van der Waals surface area contributed by atoms with E-state index in [1.54, 1.807) is 36.7 Å². The van der Waals surface area contributed by atoms with Gasteiger partial charge in [-0.15, -0.1) is 4.59 Å². The summed E-state index contributed by atoms with van der Waals surface area (Å²) >= 11 is 0. The third-order valence-corrected chi connectivity index (χ3v) is 8.07. The summed E-state index contributed by atoms with van der Waals surface area (Å²) in [5.74, 6) is 8.45. The zero-order chi connectivity index (χ0) is 25.6. The molecule has 1 spiro atoms. The Bertz CT molecular complexity index is 1370. The van der Waals surface area contributed by atoms with Crippen LogP contribution in [0.2, 0.25) is 0 Å². The van der Waals surface area contributed by atoms with Crippen LogP contribution in [0.5, 0.6) is 0 Å². The average Bonchev–Trinajstić information content (AvgIpc) is 3.52. The SMILES string of the molecule is CCC(=O)N1CCC2(CC1)CC2C1=C2C=NC=C[N+]2(N)C(c2ccc(C(=O)Nc3ccccn3)cc2)=N1. The van der Waals surface area contributed by atoms with Crippen molar-refractivity contribution in [3.05, 3.63) is 83.6 Å². The summed E-state index contributed by atoms with van der Waals surface area (Å²) in [5, 5.41) is 2.81. The van der Waals surface area contributed by atoms with Gasteiger partial charge in [0.25, 0.3) is 11.7 Å². The van der Waals surface area contributed by atoms with Gasteiger partial charge in [-0.05, 0) is 61.1 Å². The molecule has 1 aromatic heterocycles. The molecule has 9 heteroatoms. The standard InChI is InChI=1S/C28H29N7O2/c1-2-24(36)34-14-10-28(11-15-34)17-21(28)25-22-18-30-13-16-35(22,29)26(33-25)19-6-8-20(9-7-19)27(37)32-23-5-3-4-12-31-23/h3-9,12-13,16,18,21H,2,10-11,14-15,17,29H2,1H3/p+1. The molecule has 2 fully saturated rings. The van der Waals surface area contributed by atoms with E-state index >= 15 is 0 Å². The molecule has 188 valence electrons. The third kappa shape index (κ3) is 4.00. The number of amidine groups is 1. The van der Waals surface area contributed by atoms with Crippen molar-refractivity contribution in [2.24, 2.45) is 27.2 Å². The van der Waals surface area contributed by atoms with Gasteiger partial charge in [-0.3, -0.25) is 14.6 Å². The maximum absolute atomic E-state index is 12.7. The van der Waals surface area contributed by atoms with Crippen LogP contribution < -0.4 is 11.2 Å². The van der Waals surface area contributed by atoms with Crippen LogP contribution in [0.3, 0.4) is 0 Å². The molecule has 2 aromatic rings. The smallest absolute Gasteiger partial charge is 0.264 e. The van der Waals surface area contributed by atoms with E-state index in [1.807, 2.05) is 42.4 Å². The van der Waals surface area contributed by atoms with Gasteiger partial charge in [0.15, 0.2) is 0 Å². The van der Waals surface area contributed by atoms with Crippen molar-refractivity contribution >= 4 is 29.7 Å². The molecule has 2 amide bonds. The normalized spacial score (nSPS) is 25.2. The van der Waals surface area contributed by atoms with Crippen LogP contribution in [0, 0.1) is 11.3 Å². The number of rotatable bonds is 5. The fraction of sp³-hybridized carbons (Fsp3) is 0.321. The fourth-order valence-electron chi connectivity index (χ4n) is 5.77. The molecule has 37 heavy (non-hydrogen) atoms. The average molecular weight is 497 g/mol. The lowest BCUT2D eigenvalue weighted by atomic mass is 9.89. The van der Waals surface area contributed by atoms with Crippen LogP contribution in [0.15, 0.2) is 82.4 Å². The highest BCUT2D eigenvalue weighted by Crippen LogP contribution is 2.64. The van der Waals surface area contributed by atoms with Gasteiger partial charge in [0.1, 0.15) is 17.7 Å². The van der Waals surface area contributed by atoms with E-state index in [2.05, 4.69) is 15.3 Å². The molecular weight excluding hydrogens is 466 g/mol. The lowest BCUT2D eigenvalue weighted by Crippen LogP contribution is -2.53. The number of likely N-dealkylation sites (tertiary alicyclic amines) is 1. The molecule has 2 atom stereocenters. The lowest BCUT2D eigenvalue weighted by Gasteiger charge is -2.33. The largest absolute Gasteiger partial charge is 0.343 e. The molecule has 1 aliphatic carbocycles. The van der Waals surface area contributed by atoms with Crippen LogP contribution in [0.1, 0.15) is 48.5 Å². The molecule has 3 aliphatic heterocycles. The second-order valence-corrected chi connectivity index (χ2v) is 10.2. The molecule has 1 aromatic carbocycles. The quantitative estimate of drug-likeness (QED) is 0.486. The Morgan fingerprint density at radius 2 is 1.95 bits per heavy atom. The summed E-state index contributed by atoms with van der Waals surface area (Å²) in [7, 11) is 0. The van der Waals surface area contributed by atoms with Crippen LogP contribution in [-0.4, -0.2) is 51.4 Å². The van der Waals surface area contributed by atoms with Crippen LogP contribution in [0.25, 0.3) is 0 Å². The minimum atomic E-state index is -0.229. The lowest BCUT2D eigenvalue weighted by molar-refractivity contribution is -0.750. The number of carbonyl (C=O) groups is 2. The molecule has 1 saturated carbocycles. The van der Waals surface area contributed by atoms with Gasteiger partial charge >= 0.3 is 0 Å². The molecular formula is C28H30N7O2+. The van der Waals surface area contributed by atoms with Crippen molar-refractivity contribution in [1.82, 2.24) is 9.88 Å². The highest BCUT2D eigenvalue weighted by molar-refractivity contribution is 6.05. The number of pyridine rings is 1. The van der Waals surface area contributed by atoms with Crippen LogP contribution >= 0.6 is 0 Å². The Hall–Kier alpha value is -3.95. The number of aliphatic imine (C=N–C) groups is 2. The third-order valence-electron chi connectivity index (χ3n) is 8.07. The van der Waals surface area contributed by atoms with Gasteiger partial charge in [-0.2, -0.15) is 10.8 Å². The number of amides is 2. The zero-order valence-corrected chi connectivity index (χ0v) is 20.8. The number of carbonyl (C=O) groups excluding carboxylic acids is 2. The number of nitrogens with two attached hydrogens (primary N) is 1. The molecule has 0 bridgehead atoms. The summed E-state index contributed by atoms with van der Waals surface area (Å²) in [6.45, 7) is 3.53. The van der Waals surface area contributed by atoms with E-state index in [-0.39, 0.29) is 21.8 Å². The number of hydrogen-bond acceptors (Lipinski definition) is 6. The van der Waals surface area contributed by atoms with Gasteiger partial charge < -0.3 is 10.2 Å². The van der Waals surface area contributed by atoms with Crippen molar-refractivity contribution < 1.29 is 14.2 Å². The maximum atomic E-state index is 12.7. The maximum Gasteiger partial charge on any atom is 0.264 e. The Morgan fingerprint density at radius 1 is 1.16 bits per heavy atom. The molecule has 1 saturated heterocycles. The second-order valence-electron chi connectivity index (χ2n) is 10.2. The number of benzene rings is 1. The van der Waals surface area contributed by atoms with E-state index in [4.69, 9.17) is 10.8 Å². The first-order valence-electron chi connectivity index (χ1n) is 12.8. The van der Waals surface area contributed by atoms with Crippen molar-refractivity contribution in [1.29, 1.82) is 0 Å². The Kier molecular flexibility index (Phi) is 5.62. The number of hydrogen-bond donors (Lipinski definition) is 2. The van der Waals surface area contributed by atoms with Gasteiger partial charge in [0, 0.05) is 37.2 Å². The van der Waals surface area contributed by atoms with Crippen molar-refractivity contribution in [3.8, 4) is 0 Å². The van der Waals surface area contributed by atoms with Crippen LogP contribution in [0.4, 0.5) is 5.82 Å². The molecule has 2 unspecified atom stereocenters. The molecule has 9 nitrogen and oxygen atoms in total. The molecule has 0 radical (unpaired) electrons. The number of piperidine rings is 1. The fourth-order valence-corrected chi connectivity index (χ4v) is 5.77. The van der Waals surface area contributed by atoms with Gasteiger partial charge in [-0.25, -0.2) is 4.98 Å². The molecule has 4 aliphatic rings. The first-order chi connectivity index (χ1) is 17.9. The van der Waals surface area contributed by atoms with E-state index in [0.29, 0.717) is 29.6 Å². The first kappa shape index (κ1) is 23.4. The zero-order valence-electron chi connectivity index (χ0n) is 20.8. The monoisotopic (exact) mass is 496 g/mol. The van der Waals surface area contributed by atoms with E-state index in [0.717, 1.165) is 49.3 Å². The number of aromatic nitrogens is 1. The van der Waals surface area contributed by atoms with E-state index < -0.39 is 0 Å². The second kappa shape index (κ2) is 8.86. The van der Waals surface area contributed by atoms with Crippen molar-refractivity contribution in [2.45, 2.75) is 32.6 Å². The summed E-state index contributed by atoms with van der Waals surface area (Å²) in [5.41, 5.74) is 3.44. The van der Waals surface area contributed by atoms with Gasteiger partial charge in [0.05, 0.1) is 18.0 Å². The molecule has 4 heterocycles. The number of allylic oxidation sites excluding steroid dienone is 2. The van der Waals surface area contributed by atoms with Crippen molar-refractivity contribution in [3.63, 3.8) is 0 Å². The summed E-state index contributed by atoms with van der Waals surface area (Å²) in [4.78, 5) is 40.4. The number of quaternary nitrogens is 1. The Labute approximate surface area is 215 Å². The minimum absolute atomic E-state index is 0.0364. The Balaban J connectivity index is 1.23. The number of anilines is 1. The summed E-state index contributed by atoms with van der Waals surface area (Å²) in [6, 6.07) is 12.7. The van der Waals surface area contributed by atoms with Crippen molar-refractivity contribution in [2.75, 3.05) is 18.4 Å². The predicted molar refractivity (Wildman–Crippen MR) is 141 cm³/mol. The molecule has 3 N–H and O–H groups in total. The number of nitrogens with one attached hydrogen (secondary N) is 1. The molecule has 6 rings (SSSR count). The summed E-state index contributed by atoms with van der Waals surface area (Å²) < 4.78 is -0.0364. The predicted octanol–water partition coefficient (Wildman–Crippen LogP) is 3.59. The summed E-state index contributed by atoms with van der Waals surface area (Å²) in [6.07, 6.45) is 10.6. The van der Waals surface area contributed by atoms with Crippen LogP contribution in [-0.2, 0) is 4.79 Å². The number of fused-ring (bicyclic) bond motifs is 1. The van der Waals surface area contributed by atoms with Gasteiger partial charge in [-0.1, -0.05) is 13.0 Å². The Morgan fingerprint density at radius 3 is 2.65 bits per heavy atom. The number of nitrogens with zero attached hydrogens (tertiary/aromatic N) is 5. The van der Waals surface area contributed by atoms with E-state index in [1.165, 1.54) is 0 Å². The first-order valence-corrected chi connectivity index (χ1v) is 12.8. The highest BCUT2D eigenvalue weighted by Gasteiger charge is 2.61. The van der Waals surface area contributed by atoms with E-state index in [9.17, 15) is 9.59 Å². The van der Waals surface area contributed by atoms with Gasteiger partial charge in [0.2, 0.25) is 11.6 Å². The highest BCUT2D eigenvalue weighted by atomic mass is 16.2. The topological polar surface area (TPSA) is 113 Å².